The molecule has 2 aromatic rings. The van der Waals surface area contributed by atoms with Gasteiger partial charge in [-0.3, -0.25) is 0 Å². The summed E-state index contributed by atoms with van der Waals surface area (Å²) in [4.78, 5) is 3.13. The fourth-order valence-corrected chi connectivity index (χ4v) is 2.44. The number of hydrogen-bond donors (Lipinski definition) is 1. The van der Waals surface area contributed by atoms with Crippen LogP contribution in [0.2, 0.25) is 0 Å². The lowest BCUT2D eigenvalue weighted by molar-refractivity contribution is 0.414. The highest BCUT2D eigenvalue weighted by Gasteiger charge is 2.08. The Morgan fingerprint density at radius 1 is 1.37 bits per heavy atom. The zero-order valence-electron chi connectivity index (χ0n) is 11.6. The lowest BCUT2D eigenvalue weighted by atomic mass is 10.1. The number of ether oxygens (including phenoxy) is 1. The standard InChI is InChI=1S/C15H20N2OS/c1-11(2)14-10-16-15(19)17(14)8-7-12-5-4-6-13(9-12)18-3/h4-6,9-11H,7-8H2,1-3H3,(H,16,19). The molecule has 19 heavy (non-hydrogen) atoms. The number of aryl methyl sites for hydroxylation is 1. The fourth-order valence-electron chi connectivity index (χ4n) is 2.19. The SMILES string of the molecule is COc1cccc(CCn2c(C(C)C)c[nH]c2=S)c1. The largest absolute Gasteiger partial charge is 0.497 e. The van der Waals surface area contributed by atoms with Gasteiger partial charge in [-0.1, -0.05) is 26.0 Å². The second-order valence-electron chi connectivity index (χ2n) is 4.93. The summed E-state index contributed by atoms with van der Waals surface area (Å²) >= 11 is 5.34. The molecule has 1 aromatic carbocycles. The monoisotopic (exact) mass is 276 g/mol. The van der Waals surface area contributed by atoms with Gasteiger partial charge in [-0.2, -0.15) is 0 Å². The summed E-state index contributed by atoms with van der Waals surface area (Å²) in [5.74, 6) is 1.37. The van der Waals surface area contributed by atoms with Crippen LogP contribution in [-0.4, -0.2) is 16.7 Å². The number of hydrogen-bond acceptors (Lipinski definition) is 2. The molecule has 2 rings (SSSR count). The van der Waals surface area contributed by atoms with Crippen molar-refractivity contribution in [3.8, 4) is 5.75 Å². The highest BCUT2D eigenvalue weighted by Crippen LogP contribution is 2.17. The van der Waals surface area contributed by atoms with Crippen molar-refractivity contribution in [2.24, 2.45) is 0 Å². The van der Waals surface area contributed by atoms with Crippen LogP contribution in [0.3, 0.4) is 0 Å². The van der Waals surface area contributed by atoms with Crippen LogP contribution >= 0.6 is 12.2 Å². The van der Waals surface area contributed by atoms with Crippen LogP contribution in [-0.2, 0) is 13.0 Å². The third-order valence-corrected chi connectivity index (χ3v) is 3.59. The molecule has 1 N–H and O–H groups in total. The number of nitrogens with zero attached hydrogens (tertiary/aromatic N) is 1. The van der Waals surface area contributed by atoms with Crippen LogP contribution in [0.4, 0.5) is 0 Å². The highest BCUT2D eigenvalue weighted by atomic mass is 32.1. The molecule has 0 bridgehead atoms. The van der Waals surface area contributed by atoms with Crippen molar-refractivity contribution in [1.29, 1.82) is 0 Å². The summed E-state index contributed by atoms with van der Waals surface area (Å²) < 4.78 is 8.22. The molecule has 0 aliphatic rings. The number of aromatic nitrogens is 2. The second-order valence-corrected chi connectivity index (χ2v) is 5.31. The minimum atomic E-state index is 0.471. The highest BCUT2D eigenvalue weighted by molar-refractivity contribution is 7.71. The van der Waals surface area contributed by atoms with Gasteiger partial charge in [-0.25, -0.2) is 0 Å². The zero-order valence-corrected chi connectivity index (χ0v) is 12.5. The van der Waals surface area contributed by atoms with Gasteiger partial charge in [0.05, 0.1) is 7.11 Å². The van der Waals surface area contributed by atoms with E-state index >= 15 is 0 Å². The second kappa shape index (κ2) is 6.06. The van der Waals surface area contributed by atoms with Crippen molar-refractivity contribution in [2.75, 3.05) is 7.11 Å². The molecule has 0 radical (unpaired) electrons. The van der Waals surface area contributed by atoms with E-state index in [1.54, 1.807) is 7.11 Å². The third-order valence-electron chi connectivity index (χ3n) is 3.25. The van der Waals surface area contributed by atoms with Gasteiger partial charge in [0.1, 0.15) is 5.75 Å². The predicted octanol–water partition coefficient (Wildman–Crippen LogP) is 3.92. The molecule has 0 amide bonds. The van der Waals surface area contributed by atoms with Gasteiger partial charge in [0, 0.05) is 18.4 Å². The molecule has 0 unspecified atom stereocenters. The van der Waals surface area contributed by atoms with Crippen LogP contribution < -0.4 is 4.74 Å². The summed E-state index contributed by atoms with van der Waals surface area (Å²) in [6.07, 6.45) is 2.96. The van der Waals surface area contributed by atoms with E-state index in [0.717, 1.165) is 23.5 Å². The van der Waals surface area contributed by atoms with Gasteiger partial charge in [0.25, 0.3) is 0 Å². The maximum Gasteiger partial charge on any atom is 0.177 e. The van der Waals surface area contributed by atoms with Crippen LogP contribution in [0.1, 0.15) is 31.0 Å². The summed E-state index contributed by atoms with van der Waals surface area (Å²) in [5, 5.41) is 0. The number of H-pyrrole nitrogens is 1. The zero-order chi connectivity index (χ0) is 13.8. The molecule has 4 heteroatoms. The van der Waals surface area contributed by atoms with E-state index < -0.39 is 0 Å². The van der Waals surface area contributed by atoms with E-state index in [9.17, 15) is 0 Å². The van der Waals surface area contributed by atoms with Crippen molar-refractivity contribution in [3.63, 3.8) is 0 Å². The number of imidazole rings is 1. The first-order valence-corrected chi connectivity index (χ1v) is 6.93. The van der Waals surface area contributed by atoms with E-state index in [4.69, 9.17) is 17.0 Å². The summed E-state index contributed by atoms with van der Waals surface area (Å²) in [6, 6.07) is 8.18. The van der Waals surface area contributed by atoms with Gasteiger partial charge in [0.2, 0.25) is 0 Å². The molecular formula is C15H20N2OS. The predicted molar refractivity (Wildman–Crippen MR) is 80.4 cm³/mol. The van der Waals surface area contributed by atoms with Gasteiger partial charge in [-0.05, 0) is 42.3 Å². The molecule has 0 fully saturated rings. The molecule has 0 spiro atoms. The first-order chi connectivity index (χ1) is 9.11. The van der Waals surface area contributed by atoms with E-state index in [2.05, 4.69) is 35.5 Å². The van der Waals surface area contributed by atoms with E-state index in [1.165, 1.54) is 11.3 Å². The maximum atomic E-state index is 5.34. The third kappa shape index (κ3) is 3.26. The Bertz CT molecular complexity index is 598. The maximum absolute atomic E-state index is 5.34. The molecule has 1 aromatic heterocycles. The first kappa shape index (κ1) is 13.9. The van der Waals surface area contributed by atoms with Crippen LogP contribution in [0.25, 0.3) is 0 Å². The van der Waals surface area contributed by atoms with Gasteiger partial charge in [0.15, 0.2) is 4.77 Å². The molecule has 1 heterocycles. The van der Waals surface area contributed by atoms with Crippen LogP contribution in [0, 0.1) is 4.77 Å². The minimum Gasteiger partial charge on any atom is -0.497 e. The lowest BCUT2D eigenvalue weighted by Crippen LogP contribution is -2.07. The van der Waals surface area contributed by atoms with Gasteiger partial charge in [-0.15, -0.1) is 0 Å². The molecule has 0 atom stereocenters. The number of benzene rings is 1. The van der Waals surface area contributed by atoms with Crippen LogP contribution in [0.5, 0.6) is 5.75 Å². The fraction of sp³-hybridized carbons (Fsp3) is 0.400. The Labute approximate surface area is 119 Å². The molecule has 3 nitrogen and oxygen atoms in total. The molecule has 0 aliphatic carbocycles. The lowest BCUT2D eigenvalue weighted by Gasteiger charge is -2.11. The smallest absolute Gasteiger partial charge is 0.177 e. The van der Waals surface area contributed by atoms with E-state index in [-0.39, 0.29) is 0 Å². The van der Waals surface area contributed by atoms with Crippen molar-refractivity contribution in [2.45, 2.75) is 32.7 Å². The molecule has 0 saturated carbocycles. The van der Waals surface area contributed by atoms with Crippen molar-refractivity contribution in [3.05, 3.63) is 46.5 Å². The quantitative estimate of drug-likeness (QED) is 0.839. The summed E-state index contributed by atoms with van der Waals surface area (Å²) in [5.41, 5.74) is 2.52. The Kier molecular flexibility index (Phi) is 4.43. The Hall–Kier alpha value is -1.55. The Morgan fingerprint density at radius 3 is 2.84 bits per heavy atom. The van der Waals surface area contributed by atoms with Crippen LogP contribution in [0.15, 0.2) is 30.5 Å². The average Bonchev–Trinajstić information content (AvgIpc) is 2.78. The molecular weight excluding hydrogens is 256 g/mol. The van der Waals surface area contributed by atoms with Crippen molar-refractivity contribution in [1.82, 2.24) is 9.55 Å². The van der Waals surface area contributed by atoms with E-state index in [0.29, 0.717) is 5.92 Å². The summed E-state index contributed by atoms with van der Waals surface area (Å²) in [6.45, 7) is 5.25. The molecule has 0 aliphatic heterocycles. The van der Waals surface area contributed by atoms with Gasteiger partial charge < -0.3 is 14.3 Å². The first-order valence-electron chi connectivity index (χ1n) is 6.53. The van der Waals surface area contributed by atoms with Crippen molar-refractivity contribution < 1.29 is 4.74 Å². The number of rotatable bonds is 5. The Balaban J connectivity index is 2.14. The number of nitrogens with one attached hydrogen (secondary N) is 1. The molecule has 0 saturated heterocycles. The summed E-state index contributed by atoms with van der Waals surface area (Å²) in [7, 11) is 1.69. The minimum absolute atomic E-state index is 0.471. The normalized spacial score (nSPS) is 10.9. The van der Waals surface area contributed by atoms with Crippen molar-refractivity contribution >= 4 is 12.2 Å². The number of aromatic amines is 1. The Morgan fingerprint density at radius 2 is 2.16 bits per heavy atom. The number of methoxy groups -OCH3 is 1. The topological polar surface area (TPSA) is 29.9 Å². The van der Waals surface area contributed by atoms with Gasteiger partial charge >= 0.3 is 0 Å². The molecule has 102 valence electrons. The average molecular weight is 276 g/mol. The van der Waals surface area contributed by atoms with E-state index in [1.807, 2.05) is 18.3 Å².